The average Bonchev–Trinajstić information content (AvgIpc) is 2.91. The van der Waals surface area contributed by atoms with Crippen molar-refractivity contribution in [1.82, 2.24) is 4.98 Å². The van der Waals surface area contributed by atoms with Gasteiger partial charge in [-0.05, 0) is 35.9 Å². The van der Waals surface area contributed by atoms with E-state index in [4.69, 9.17) is 4.98 Å². The third-order valence-corrected chi connectivity index (χ3v) is 6.32. The summed E-state index contributed by atoms with van der Waals surface area (Å²) < 4.78 is 0. The van der Waals surface area contributed by atoms with E-state index < -0.39 is 0 Å². The van der Waals surface area contributed by atoms with Crippen LogP contribution >= 0.6 is 0 Å². The van der Waals surface area contributed by atoms with E-state index in [2.05, 4.69) is 97.9 Å². The molecule has 34 heavy (non-hydrogen) atoms. The molecular formula is C31H43N3. The van der Waals surface area contributed by atoms with E-state index in [1.165, 1.54) is 27.6 Å². The van der Waals surface area contributed by atoms with Gasteiger partial charge >= 0.3 is 0 Å². The number of hydrogen-bond donors (Lipinski definition) is 1. The van der Waals surface area contributed by atoms with Crippen molar-refractivity contribution < 1.29 is 0 Å². The predicted octanol–water partition coefficient (Wildman–Crippen LogP) is 9.29. The van der Waals surface area contributed by atoms with E-state index in [1.54, 1.807) is 0 Å². The Balaban J connectivity index is 0.000000633. The smallest absolute Gasteiger partial charge is 0.153 e. The van der Waals surface area contributed by atoms with Gasteiger partial charge in [-0.3, -0.25) is 10.4 Å². The summed E-state index contributed by atoms with van der Waals surface area (Å²) in [5, 5.41) is 5.94. The Labute approximate surface area is 207 Å². The van der Waals surface area contributed by atoms with Crippen LogP contribution in [0.15, 0.2) is 66.7 Å². The topological polar surface area (TPSA) is 28.2 Å². The summed E-state index contributed by atoms with van der Waals surface area (Å²) in [7, 11) is 0. The number of aromatic nitrogens is 1. The Morgan fingerprint density at radius 2 is 1.38 bits per heavy atom. The van der Waals surface area contributed by atoms with Gasteiger partial charge in [-0.15, -0.1) is 0 Å². The van der Waals surface area contributed by atoms with Crippen LogP contribution in [0.2, 0.25) is 0 Å². The first-order valence-corrected chi connectivity index (χ1v) is 13.0. The standard InChI is InChI=1S/C25H25N3.3C2H6/c1-4-25(3)16-28(22-15-8-5-10-17(22)2)27-24-20-12-7-6-11-18(20)19-13-9-14-21(25)23(19)26-24;3*1-2/h5-15H,4,16H2,1-3H3,(H,26,27);3*1-2H3. The molecule has 0 radical (unpaired) electrons. The van der Waals surface area contributed by atoms with Gasteiger partial charge < -0.3 is 0 Å². The van der Waals surface area contributed by atoms with Crippen molar-refractivity contribution in [3.63, 3.8) is 0 Å². The molecule has 5 rings (SSSR count). The highest BCUT2D eigenvalue weighted by Crippen LogP contribution is 2.40. The predicted molar refractivity (Wildman–Crippen MR) is 153 cm³/mol. The molecule has 3 nitrogen and oxygen atoms in total. The fraction of sp³-hybridized carbons (Fsp3) is 0.387. The van der Waals surface area contributed by atoms with Crippen LogP contribution in [0, 0.1) is 6.92 Å². The Morgan fingerprint density at radius 1 is 0.794 bits per heavy atom. The van der Waals surface area contributed by atoms with E-state index in [0.717, 1.165) is 29.7 Å². The van der Waals surface area contributed by atoms with Gasteiger partial charge in [0.25, 0.3) is 0 Å². The van der Waals surface area contributed by atoms with Crippen molar-refractivity contribution in [3.05, 3.63) is 77.9 Å². The second kappa shape index (κ2) is 12.4. The molecule has 1 N–H and O–H groups in total. The van der Waals surface area contributed by atoms with Crippen molar-refractivity contribution in [2.75, 3.05) is 17.0 Å². The number of benzene rings is 3. The average molecular weight is 458 g/mol. The SMILES string of the molecule is CC.CC.CC.CCC1(C)CN(c2ccccc2C)Nc2nc3c1cccc3c1ccccc21. The third-order valence-electron chi connectivity index (χ3n) is 6.32. The zero-order chi connectivity index (χ0) is 25.3. The molecular weight excluding hydrogens is 414 g/mol. The molecule has 0 amide bonds. The molecule has 3 heteroatoms. The number of nitrogens with one attached hydrogen (secondary N) is 1. The number of fused-ring (bicyclic) bond motifs is 4. The molecule has 0 spiro atoms. The van der Waals surface area contributed by atoms with Crippen LogP contribution in [0.3, 0.4) is 0 Å². The summed E-state index contributed by atoms with van der Waals surface area (Å²) in [6.07, 6.45) is 1.04. The lowest BCUT2D eigenvalue weighted by Gasteiger charge is -2.39. The van der Waals surface area contributed by atoms with E-state index >= 15 is 0 Å². The zero-order valence-corrected chi connectivity index (χ0v) is 22.7. The van der Waals surface area contributed by atoms with E-state index in [-0.39, 0.29) is 5.41 Å². The Hall–Kier alpha value is -3.07. The summed E-state index contributed by atoms with van der Waals surface area (Å²) in [4.78, 5) is 5.14. The van der Waals surface area contributed by atoms with Gasteiger partial charge in [0.15, 0.2) is 5.82 Å². The highest BCUT2D eigenvalue weighted by atomic mass is 15.5. The van der Waals surface area contributed by atoms with Crippen molar-refractivity contribution in [3.8, 4) is 0 Å². The molecule has 1 aliphatic rings. The maximum atomic E-state index is 5.14. The first-order chi connectivity index (χ1) is 16.6. The fourth-order valence-corrected chi connectivity index (χ4v) is 4.47. The highest BCUT2D eigenvalue weighted by Gasteiger charge is 2.33. The van der Waals surface area contributed by atoms with E-state index in [9.17, 15) is 0 Å². The largest absolute Gasteiger partial charge is 0.285 e. The minimum atomic E-state index is -0.0120. The molecule has 2 heterocycles. The number of anilines is 2. The number of hydrazine groups is 1. The van der Waals surface area contributed by atoms with Crippen molar-refractivity contribution in [1.29, 1.82) is 0 Å². The van der Waals surface area contributed by atoms with Crippen LogP contribution in [-0.2, 0) is 5.41 Å². The molecule has 0 saturated carbocycles. The maximum Gasteiger partial charge on any atom is 0.153 e. The van der Waals surface area contributed by atoms with Crippen molar-refractivity contribution >= 4 is 33.2 Å². The van der Waals surface area contributed by atoms with Crippen LogP contribution < -0.4 is 10.4 Å². The molecule has 0 saturated heterocycles. The Morgan fingerprint density at radius 3 is 2.03 bits per heavy atom. The number of nitrogens with zero attached hydrogens (tertiary/aromatic N) is 2. The minimum absolute atomic E-state index is 0.0120. The maximum absolute atomic E-state index is 5.14. The molecule has 182 valence electrons. The normalized spacial score (nSPS) is 16.1. The molecule has 1 unspecified atom stereocenters. The number of aryl methyl sites for hydroxylation is 1. The molecule has 1 atom stereocenters. The number of para-hydroxylation sites is 2. The molecule has 0 fully saturated rings. The van der Waals surface area contributed by atoms with Gasteiger partial charge in [0.1, 0.15) is 0 Å². The lowest BCUT2D eigenvalue weighted by atomic mass is 9.78. The number of hydrogen-bond acceptors (Lipinski definition) is 3. The van der Waals surface area contributed by atoms with Gasteiger partial charge in [-0.25, -0.2) is 4.98 Å². The van der Waals surface area contributed by atoms with Crippen LogP contribution in [-0.4, -0.2) is 11.5 Å². The summed E-state index contributed by atoms with van der Waals surface area (Å²) in [5.41, 5.74) is 8.58. The first-order valence-electron chi connectivity index (χ1n) is 13.0. The van der Waals surface area contributed by atoms with Crippen LogP contribution in [0.4, 0.5) is 11.5 Å². The molecule has 1 aliphatic heterocycles. The minimum Gasteiger partial charge on any atom is -0.285 e. The molecule has 4 aromatic rings. The second-order valence-electron chi connectivity index (χ2n) is 8.11. The van der Waals surface area contributed by atoms with Gasteiger partial charge in [0.2, 0.25) is 0 Å². The Bertz CT molecular complexity index is 1200. The molecule has 3 aromatic carbocycles. The van der Waals surface area contributed by atoms with Crippen molar-refractivity contribution in [2.45, 2.75) is 74.1 Å². The monoisotopic (exact) mass is 457 g/mol. The second-order valence-corrected chi connectivity index (χ2v) is 8.11. The zero-order valence-electron chi connectivity index (χ0n) is 22.7. The highest BCUT2D eigenvalue weighted by molar-refractivity contribution is 6.11. The van der Waals surface area contributed by atoms with Crippen LogP contribution in [0.5, 0.6) is 0 Å². The third kappa shape index (κ3) is 5.04. The summed E-state index contributed by atoms with van der Waals surface area (Å²) in [6, 6.07) is 23.8. The molecule has 0 aliphatic carbocycles. The lowest BCUT2D eigenvalue weighted by Crippen LogP contribution is -2.44. The quantitative estimate of drug-likeness (QED) is 0.304. The molecule has 2 bridgehead atoms. The van der Waals surface area contributed by atoms with E-state index in [1.807, 2.05) is 41.5 Å². The fourth-order valence-electron chi connectivity index (χ4n) is 4.47. The molecule has 1 aromatic heterocycles. The van der Waals surface area contributed by atoms with Crippen molar-refractivity contribution in [2.24, 2.45) is 0 Å². The van der Waals surface area contributed by atoms with Crippen LogP contribution in [0.1, 0.15) is 72.9 Å². The van der Waals surface area contributed by atoms with Gasteiger partial charge in [0.05, 0.1) is 11.2 Å². The van der Waals surface area contributed by atoms with Crippen LogP contribution in [0.25, 0.3) is 21.7 Å². The summed E-state index contributed by atoms with van der Waals surface area (Å²) in [5.74, 6) is 0.928. The lowest BCUT2D eigenvalue weighted by molar-refractivity contribution is 0.457. The number of pyridine rings is 1. The summed E-state index contributed by atoms with van der Waals surface area (Å²) in [6.45, 7) is 19.7. The number of rotatable bonds is 2. The summed E-state index contributed by atoms with van der Waals surface area (Å²) >= 11 is 0. The van der Waals surface area contributed by atoms with Gasteiger partial charge in [-0.1, -0.05) is 116 Å². The van der Waals surface area contributed by atoms with Gasteiger partial charge in [0, 0.05) is 22.7 Å². The first kappa shape index (κ1) is 27.2. The Kier molecular flexibility index (Phi) is 9.92. The van der Waals surface area contributed by atoms with E-state index in [0.29, 0.717) is 0 Å². The van der Waals surface area contributed by atoms with Gasteiger partial charge in [-0.2, -0.15) is 0 Å².